The summed E-state index contributed by atoms with van der Waals surface area (Å²) in [6.45, 7) is 0. The van der Waals surface area contributed by atoms with Gasteiger partial charge in [-0.25, -0.2) is 4.98 Å². The Morgan fingerprint density at radius 3 is 2.82 bits per heavy atom. The lowest BCUT2D eigenvalue weighted by atomic mass is 9.34. The smallest absolute Gasteiger partial charge is 0.220 e. The maximum Gasteiger partial charge on any atom is 0.220 e. The summed E-state index contributed by atoms with van der Waals surface area (Å²) in [7, 11) is 8.11. The molecule has 4 unspecified atom stereocenters. The van der Waals surface area contributed by atoms with E-state index in [0.717, 1.165) is 41.9 Å². The van der Waals surface area contributed by atoms with Crippen molar-refractivity contribution in [3.63, 3.8) is 0 Å². The van der Waals surface area contributed by atoms with E-state index in [9.17, 15) is 4.79 Å². The Morgan fingerprint density at radius 2 is 2.09 bits per heavy atom. The molecule has 5 aliphatic carbocycles. The molecule has 2 N–H and O–H groups in total. The number of hydrogen-bond acceptors (Lipinski definition) is 5. The van der Waals surface area contributed by atoms with Crippen molar-refractivity contribution in [2.75, 3.05) is 12.4 Å². The summed E-state index contributed by atoms with van der Waals surface area (Å²) >= 11 is 0. The number of rotatable bonds is 5. The summed E-state index contributed by atoms with van der Waals surface area (Å²) in [5.41, 5.74) is 1.69. The van der Waals surface area contributed by atoms with Crippen LogP contribution in [0.25, 0.3) is 11.0 Å². The number of nitriles is 1. The number of nitrogens with one attached hydrogen (secondary N) is 2. The molecule has 7 heteroatoms. The van der Waals surface area contributed by atoms with Gasteiger partial charge in [0.25, 0.3) is 0 Å². The third-order valence-electron chi connectivity index (χ3n) is 9.74. The zero-order chi connectivity index (χ0) is 22.7. The molecule has 33 heavy (non-hydrogen) atoms. The predicted octanol–water partition coefficient (Wildman–Crippen LogP) is 3.65. The zero-order valence-corrected chi connectivity index (χ0v) is 19.3. The second-order valence-corrected chi connectivity index (χ2v) is 11.0. The van der Waals surface area contributed by atoms with Crippen LogP contribution < -0.4 is 16.1 Å². The van der Waals surface area contributed by atoms with Gasteiger partial charge in [-0.05, 0) is 91.8 Å². The minimum atomic E-state index is 0.210. The average molecular weight is 442 g/mol. The van der Waals surface area contributed by atoms with Gasteiger partial charge in [-0.15, -0.1) is 0 Å². The van der Waals surface area contributed by atoms with Gasteiger partial charge in [0.2, 0.25) is 11.7 Å². The number of carbonyl (C=O) groups excluding carboxylic acids is 1. The molecule has 2 radical (unpaired) electrons. The van der Waals surface area contributed by atoms with Crippen LogP contribution in [0.4, 0.5) is 5.82 Å². The van der Waals surface area contributed by atoms with Gasteiger partial charge in [0.15, 0.2) is 5.58 Å². The third kappa shape index (κ3) is 3.20. The van der Waals surface area contributed by atoms with E-state index in [1.54, 1.807) is 19.3 Å². The van der Waals surface area contributed by atoms with Gasteiger partial charge in [-0.1, -0.05) is 0 Å². The second-order valence-electron chi connectivity index (χ2n) is 11.0. The Labute approximate surface area is 196 Å². The maximum atomic E-state index is 12.0. The molecule has 0 aromatic carbocycles. The summed E-state index contributed by atoms with van der Waals surface area (Å²) in [4.78, 5) is 16.4. The summed E-state index contributed by atoms with van der Waals surface area (Å²) in [6.07, 6.45) is 12.5. The molecule has 170 valence electrons. The molecule has 4 bridgehead atoms. The first-order chi connectivity index (χ1) is 16.0. The highest BCUT2D eigenvalue weighted by Crippen LogP contribution is 2.76. The standard InChI is InChI=1S/C26H31BN4O2/c1-29-23(32)8-14-6-15-11-26(17(7-14)9-21(15)26)16-2-4-18(5-3-16)31-25-24(27)20-10-19(12-28)33-22(20)13-30-25/h10,13-18,21H,2-9,11H2,1H3,(H,29,32)(H,30,31)/t14?,15?,16?,17?,18?,21?,26-/m1/s1. The van der Waals surface area contributed by atoms with Gasteiger partial charge < -0.3 is 15.1 Å². The minimum Gasteiger partial charge on any atom is -0.444 e. The largest absolute Gasteiger partial charge is 0.444 e. The molecule has 5 atom stereocenters. The van der Waals surface area contributed by atoms with E-state index in [0.29, 0.717) is 40.7 Å². The van der Waals surface area contributed by atoms with Crippen LogP contribution in [0, 0.1) is 46.3 Å². The molecule has 5 aliphatic rings. The quantitative estimate of drug-likeness (QED) is 0.690. The second kappa shape index (κ2) is 7.79. The number of hydrogen-bond donors (Lipinski definition) is 2. The van der Waals surface area contributed by atoms with Crippen molar-refractivity contribution in [3.05, 3.63) is 18.0 Å². The van der Waals surface area contributed by atoms with Crippen molar-refractivity contribution < 1.29 is 9.21 Å². The van der Waals surface area contributed by atoms with E-state index in [-0.39, 0.29) is 11.7 Å². The molecular formula is C26H31BN4O2. The lowest BCUT2D eigenvalue weighted by molar-refractivity contribution is -0.220. The first-order valence-electron chi connectivity index (χ1n) is 12.6. The number of anilines is 1. The fourth-order valence-electron chi connectivity index (χ4n) is 8.27. The SMILES string of the molecule is [B]c1c(NC2CCC([C@]34CC5CC(CC(=O)NC)CC3CC54)CC2)ncc2oc(C#N)cc12. The molecule has 0 aliphatic heterocycles. The molecule has 6 nitrogen and oxygen atoms in total. The number of nitrogens with zero attached hydrogens (tertiary/aromatic N) is 2. The van der Waals surface area contributed by atoms with Gasteiger partial charge in [0.05, 0.1) is 6.20 Å². The van der Waals surface area contributed by atoms with E-state index in [1.165, 1.54) is 38.5 Å². The first-order valence-corrected chi connectivity index (χ1v) is 12.6. The Hall–Kier alpha value is -2.49. The van der Waals surface area contributed by atoms with Crippen LogP contribution >= 0.6 is 0 Å². The van der Waals surface area contributed by atoms with Crippen LogP contribution in [-0.4, -0.2) is 31.8 Å². The molecule has 0 saturated heterocycles. The normalized spacial score (nSPS) is 36.7. The van der Waals surface area contributed by atoms with E-state index < -0.39 is 0 Å². The van der Waals surface area contributed by atoms with Crippen LogP contribution in [0.1, 0.15) is 63.5 Å². The number of aromatic nitrogens is 1. The van der Waals surface area contributed by atoms with Crippen molar-refractivity contribution in [2.45, 2.75) is 63.8 Å². The molecule has 0 spiro atoms. The number of fused-ring (bicyclic) bond motifs is 3. The van der Waals surface area contributed by atoms with Crippen molar-refractivity contribution >= 4 is 36.0 Å². The van der Waals surface area contributed by atoms with E-state index in [1.807, 2.05) is 6.07 Å². The molecule has 5 saturated carbocycles. The van der Waals surface area contributed by atoms with Crippen LogP contribution in [0.5, 0.6) is 0 Å². The first kappa shape index (κ1) is 21.1. The van der Waals surface area contributed by atoms with Crippen molar-refractivity contribution in [1.82, 2.24) is 10.3 Å². The average Bonchev–Trinajstić information content (AvgIpc) is 3.04. The van der Waals surface area contributed by atoms with Gasteiger partial charge in [-0.2, -0.15) is 5.26 Å². The molecule has 7 rings (SSSR count). The lowest BCUT2D eigenvalue weighted by Crippen LogP contribution is -2.64. The van der Waals surface area contributed by atoms with Gasteiger partial charge in [-0.3, -0.25) is 4.79 Å². The summed E-state index contributed by atoms with van der Waals surface area (Å²) < 4.78 is 5.45. The Balaban J connectivity index is 1.10. The van der Waals surface area contributed by atoms with Gasteiger partial charge in [0, 0.05) is 31.0 Å². The lowest BCUT2D eigenvalue weighted by Gasteiger charge is -2.71. The van der Waals surface area contributed by atoms with Crippen molar-refractivity contribution in [1.29, 1.82) is 5.26 Å². The summed E-state index contributed by atoms with van der Waals surface area (Å²) in [6, 6.07) is 4.10. The molecule has 2 aromatic heterocycles. The van der Waals surface area contributed by atoms with Crippen LogP contribution in [0.15, 0.2) is 16.7 Å². The topological polar surface area (TPSA) is 90.9 Å². The molecule has 2 heterocycles. The number of amides is 1. The molecular weight excluding hydrogens is 411 g/mol. The highest BCUT2D eigenvalue weighted by molar-refractivity contribution is 6.41. The Bertz CT molecular complexity index is 1130. The highest BCUT2D eigenvalue weighted by Gasteiger charge is 2.69. The Morgan fingerprint density at radius 1 is 1.27 bits per heavy atom. The predicted molar refractivity (Wildman–Crippen MR) is 127 cm³/mol. The van der Waals surface area contributed by atoms with Crippen molar-refractivity contribution in [3.8, 4) is 6.07 Å². The number of furan rings is 1. The molecule has 5 fully saturated rings. The Kier molecular flexibility index (Phi) is 4.97. The number of pyridine rings is 1. The van der Waals surface area contributed by atoms with Crippen LogP contribution in [0.3, 0.4) is 0 Å². The van der Waals surface area contributed by atoms with Gasteiger partial charge >= 0.3 is 0 Å². The molecule has 1 amide bonds. The zero-order valence-electron chi connectivity index (χ0n) is 19.3. The summed E-state index contributed by atoms with van der Waals surface area (Å²) in [5, 5.41) is 16.2. The monoisotopic (exact) mass is 442 g/mol. The van der Waals surface area contributed by atoms with E-state index in [4.69, 9.17) is 17.5 Å². The van der Waals surface area contributed by atoms with Gasteiger partial charge in [0.1, 0.15) is 19.7 Å². The van der Waals surface area contributed by atoms with Crippen LogP contribution in [0.2, 0.25) is 0 Å². The number of carbonyl (C=O) groups is 1. The third-order valence-corrected chi connectivity index (χ3v) is 9.74. The van der Waals surface area contributed by atoms with E-state index in [2.05, 4.69) is 15.6 Å². The minimum absolute atomic E-state index is 0.210. The highest BCUT2D eigenvalue weighted by atomic mass is 16.3. The van der Waals surface area contributed by atoms with Crippen molar-refractivity contribution in [2.24, 2.45) is 35.0 Å². The molecule has 2 aromatic rings. The summed E-state index contributed by atoms with van der Waals surface area (Å²) in [5.74, 6) is 5.19. The fraction of sp³-hybridized carbons (Fsp3) is 0.654. The maximum absolute atomic E-state index is 12.0. The van der Waals surface area contributed by atoms with Crippen LogP contribution in [-0.2, 0) is 4.79 Å². The fourth-order valence-corrected chi connectivity index (χ4v) is 8.27. The van der Waals surface area contributed by atoms with E-state index >= 15 is 0 Å².